The standard InChI is InChI=1S/C14H17N3S/c1-2-13-7-8-18-14(17-13)16-10-12-5-3-11(9-15)4-6-12/h3-6,13H,2,7-8,10H2,1H3,(H,16,17). The number of thioether (sulfide) groups is 1. The number of hydrogen-bond donors (Lipinski definition) is 1. The molecule has 94 valence electrons. The summed E-state index contributed by atoms with van der Waals surface area (Å²) in [6, 6.07) is 10.3. The smallest absolute Gasteiger partial charge is 0.157 e. The number of amidine groups is 1. The first-order chi connectivity index (χ1) is 8.81. The molecule has 0 bridgehead atoms. The molecule has 1 fully saturated rings. The highest BCUT2D eigenvalue weighted by atomic mass is 32.2. The van der Waals surface area contributed by atoms with Crippen LogP contribution in [0.15, 0.2) is 29.3 Å². The van der Waals surface area contributed by atoms with Crippen LogP contribution in [0.3, 0.4) is 0 Å². The maximum absolute atomic E-state index is 8.73. The molecule has 1 N–H and O–H groups in total. The lowest BCUT2D eigenvalue weighted by atomic mass is 10.1. The number of hydrogen-bond acceptors (Lipinski definition) is 3. The number of aliphatic imine (C=N–C) groups is 1. The second kappa shape index (κ2) is 6.46. The van der Waals surface area contributed by atoms with Gasteiger partial charge < -0.3 is 5.32 Å². The molecule has 0 aromatic heterocycles. The van der Waals surface area contributed by atoms with Crippen molar-refractivity contribution in [3.05, 3.63) is 35.4 Å². The molecule has 1 heterocycles. The van der Waals surface area contributed by atoms with Crippen LogP contribution in [0.1, 0.15) is 30.9 Å². The normalized spacial score (nSPS) is 21.3. The molecule has 0 radical (unpaired) electrons. The minimum Gasteiger partial charge on any atom is -0.362 e. The van der Waals surface area contributed by atoms with E-state index in [1.54, 1.807) is 11.8 Å². The van der Waals surface area contributed by atoms with Crippen LogP contribution in [-0.2, 0) is 6.54 Å². The van der Waals surface area contributed by atoms with Crippen molar-refractivity contribution in [2.45, 2.75) is 32.4 Å². The Hall–Kier alpha value is -1.47. The van der Waals surface area contributed by atoms with Gasteiger partial charge in [-0.15, -0.1) is 0 Å². The highest BCUT2D eigenvalue weighted by Gasteiger charge is 2.14. The largest absolute Gasteiger partial charge is 0.362 e. The molecule has 1 aliphatic heterocycles. The monoisotopic (exact) mass is 259 g/mol. The summed E-state index contributed by atoms with van der Waals surface area (Å²) in [7, 11) is 0. The molecule has 0 aliphatic carbocycles. The van der Waals surface area contributed by atoms with Gasteiger partial charge in [0.1, 0.15) is 0 Å². The predicted octanol–water partition coefficient (Wildman–Crippen LogP) is 2.92. The molecule has 4 heteroatoms. The van der Waals surface area contributed by atoms with Crippen molar-refractivity contribution in [1.29, 1.82) is 5.26 Å². The Morgan fingerprint density at radius 3 is 2.89 bits per heavy atom. The summed E-state index contributed by atoms with van der Waals surface area (Å²) in [6.07, 6.45) is 2.37. The minimum absolute atomic E-state index is 0.575. The van der Waals surface area contributed by atoms with E-state index in [0.717, 1.165) is 22.9 Å². The zero-order chi connectivity index (χ0) is 12.8. The first kappa shape index (κ1) is 13.0. The van der Waals surface area contributed by atoms with Gasteiger partial charge in [-0.05, 0) is 30.5 Å². The molecule has 18 heavy (non-hydrogen) atoms. The van der Waals surface area contributed by atoms with Gasteiger partial charge in [0.15, 0.2) is 5.17 Å². The van der Waals surface area contributed by atoms with E-state index in [4.69, 9.17) is 5.26 Å². The van der Waals surface area contributed by atoms with Crippen LogP contribution in [0.25, 0.3) is 0 Å². The lowest BCUT2D eigenvalue weighted by Crippen LogP contribution is -2.37. The Labute approximate surface area is 112 Å². The van der Waals surface area contributed by atoms with Crippen LogP contribution >= 0.6 is 11.8 Å². The van der Waals surface area contributed by atoms with Gasteiger partial charge in [0, 0.05) is 11.8 Å². The highest BCUT2D eigenvalue weighted by molar-refractivity contribution is 8.13. The van der Waals surface area contributed by atoms with Gasteiger partial charge in [-0.2, -0.15) is 5.26 Å². The van der Waals surface area contributed by atoms with Crippen LogP contribution in [0, 0.1) is 11.3 Å². The molecular formula is C14H17N3S. The van der Waals surface area contributed by atoms with Crippen molar-refractivity contribution in [2.24, 2.45) is 4.99 Å². The van der Waals surface area contributed by atoms with Crippen molar-refractivity contribution in [2.75, 3.05) is 5.75 Å². The van der Waals surface area contributed by atoms with Gasteiger partial charge in [0.05, 0.1) is 18.2 Å². The Bertz CT molecular complexity index is 459. The molecule has 1 aromatic rings. The first-order valence-corrected chi connectivity index (χ1v) is 7.23. The number of benzene rings is 1. The lowest BCUT2D eigenvalue weighted by molar-refractivity contribution is 0.570. The zero-order valence-electron chi connectivity index (χ0n) is 10.5. The Morgan fingerprint density at radius 2 is 2.22 bits per heavy atom. The van der Waals surface area contributed by atoms with Gasteiger partial charge >= 0.3 is 0 Å². The summed E-state index contributed by atoms with van der Waals surface area (Å²) in [6.45, 7) is 2.88. The summed E-state index contributed by atoms with van der Waals surface area (Å²) in [5, 5.41) is 13.2. The van der Waals surface area contributed by atoms with Crippen LogP contribution in [0.5, 0.6) is 0 Å². The van der Waals surface area contributed by atoms with Crippen molar-refractivity contribution in [1.82, 2.24) is 5.32 Å². The van der Waals surface area contributed by atoms with E-state index in [-0.39, 0.29) is 0 Å². The van der Waals surface area contributed by atoms with E-state index in [9.17, 15) is 0 Å². The minimum atomic E-state index is 0.575. The van der Waals surface area contributed by atoms with Gasteiger partial charge in [0.2, 0.25) is 0 Å². The summed E-state index contributed by atoms with van der Waals surface area (Å²) >= 11 is 1.80. The number of nitriles is 1. The summed E-state index contributed by atoms with van der Waals surface area (Å²) < 4.78 is 0. The van der Waals surface area contributed by atoms with Gasteiger partial charge in [-0.25, -0.2) is 0 Å². The van der Waals surface area contributed by atoms with E-state index in [1.807, 2.05) is 24.3 Å². The van der Waals surface area contributed by atoms with Crippen LogP contribution in [0.2, 0.25) is 0 Å². The Balaban J connectivity index is 1.95. The number of nitrogens with zero attached hydrogens (tertiary/aromatic N) is 2. The van der Waals surface area contributed by atoms with E-state index in [1.165, 1.54) is 6.42 Å². The fraction of sp³-hybridized carbons (Fsp3) is 0.429. The predicted molar refractivity (Wildman–Crippen MR) is 76.6 cm³/mol. The maximum Gasteiger partial charge on any atom is 0.157 e. The SMILES string of the molecule is CCC1CCSC(=NCc2ccc(C#N)cc2)N1. The number of rotatable bonds is 3. The third-order valence-corrected chi connectivity index (χ3v) is 3.97. The topological polar surface area (TPSA) is 48.2 Å². The van der Waals surface area contributed by atoms with Gasteiger partial charge in [-0.3, -0.25) is 4.99 Å². The molecule has 1 saturated heterocycles. The summed E-state index contributed by atoms with van der Waals surface area (Å²) in [5.74, 6) is 1.15. The molecule has 1 aliphatic rings. The lowest BCUT2D eigenvalue weighted by Gasteiger charge is -2.24. The van der Waals surface area contributed by atoms with Crippen molar-refractivity contribution < 1.29 is 0 Å². The van der Waals surface area contributed by atoms with E-state index in [2.05, 4.69) is 23.3 Å². The van der Waals surface area contributed by atoms with Crippen LogP contribution < -0.4 is 5.32 Å². The molecule has 0 amide bonds. The zero-order valence-corrected chi connectivity index (χ0v) is 11.3. The van der Waals surface area contributed by atoms with E-state index < -0.39 is 0 Å². The Morgan fingerprint density at radius 1 is 1.44 bits per heavy atom. The second-order valence-electron chi connectivity index (χ2n) is 4.32. The van der Waals surface area contributed by atoms with Crippen molar-refractivity contribution in [3.8, 4) is 6.07 Å². The third-order valence-electron chi connectivity index (χ3n) is 3.01. The first-order valence-electron chi connectivity index (χ1n) is 6.24. The molecule has 1 atom stereocenters. The average molecular weight is 259 g/mol. The highest BCUT2D eigenvalue weighted by Crippen LogP contribution is 2.16. The molecule has 0 spiro atoms. The van der Waals surface area contributed by atoms with Crippen molar-refractivity contribution in [3.63, 3.8) is 0 Å². The molecular weight excluding hydrogens is 242 g/mol. The van der Waals surface area contributed by atoms with Crippen LogP contribution in [-0.4, -0.2) is 17.0 Å². The molecule has 1 aromatic carbocycles. The molecule has 1 unspecified atom stereocenters. The Kier molecular flexibility index (Phi) is 4.66. The summed E-state index contributed by atoms with van der Waals surface area (Å²) in [4.78, 5) is 4.59. The molecule has 3 nitrogen and oxygen atoms in total. The summed E-state index contributed by atoms with van der Waals surface area (Å²) in [5.41, 5.74) is 1.84. The van der Waals surface area contributed by atoms with Crippen molar-refractivity contribution >= 4 is 16.9 Å². The second-order valence-corrected chi connectivity index (χ2v) is 5.40. The molecule has 2 rings (SSSR count). The van der Waals surface area contributed by atoms with Crippen LogP contribution in [0.4, 0.5) is 0 Å². The van der Waals surface area contributed by atoms with Gasteiger partial charge in [0.25, 0.3) is 0 Å². The fourth-order valence-electron chi connectivity index (χ4n) is 1.83. The number of nitrogens with one attached hydrogen (secondary N) is 1. The van der Waals surface area contributed by atoms with E-state index >= 15 is 0 Å². The third kappa shape index (κ3) is 3.51. The fourth-order valence-corrected chi connectivity index (χ4v) is 2.83. The van der Waals surface area contributed by atoms with Gasteiger partial charge in [-0.1, -0.05) is 30.8 Å². The maximum atomic E-state index is 8.73. The van der Waals surface area contributed by atoms with E-state index in [0.29, 0.717) is 18.2 Å². The molecule has 0 saturated carbocycles. The average Bonchev–Trinajstić information content (AvgIpc) is 2.46. The quantitative estimate of drug-likeness (QED) is 0.908.